The van der Waals surface area contributed by atoms with Crippen LogP contribution < -0.4 is 10.1 Å². The quantitative estimate of drug-likeness (QED) is 0.524. The van der Waals surface area contributed by atoms with Crippen LogP contribution in [0.2, 0.25) is 0 Å². The summed E-state index contributed by atoms with van der Waals surface area (Å²) in [5.74, 6) is -0.319. The van der Waals surface area contributed by atoms with E-state index in [0.717, 1.165) is 21.2 Å². The van der Waals surface area contributed by atoms with E-state index in [-0.39, 0.29) is 6.61 Å². The second-order valence-corrected chi connectivity index (χ2v) is 7.51. The third-order valence-corrected chi connectivity index (χ3v) is 5.93. The number of esters is 1. The van der Waals surface area contributed by atoms with Crippen molar-refractivity contribution in [3.8, 4) is 16.3 Å². The molecule has 1 aromatic carbocycles. The Morgan fingerprint density at radius 3 is 2.69 bits per heavy atom. The average Bonchev–Trinajstić information content (AvgIpc) is 3.31. The summed E-state index contributed by atoms with van der Waals surface area (Å²) >= 11 is 1.43. The van der Waals surface area contributed by atoms with Crippen molar-refractivity contribution >= 4 is 29.2 Å². The summed E-state index contributed by atoms with van der Waals surface area (Å²) in [5, 5.41) is 5.26. The first-order valence-corrected chi connectivity index (χ1v) is 10.2. The number of nitrogens with zero attached hydrogens (tertiary/aromatic N) is 2. The van der Waals surface area contributed by atoms with Gasteiger partial charge in [0.05, 0.1) is 12.8 Å². The summed E-state index contributed by atoms with van der Waals surface area (Å²) in [7, 11) is 1.60. The van der Waals surface area contributed by atoms with Gasteiger partial charge in [-0.1, -0.05) is 26.0 Å². The topological polar surface area (TPSA) is 97.8 Å². The molecule has 29 heavy (non-hydrogen) atoms. The van der Waals surface area contributed by atoms with Gasteiger partial charge < -0.3 is 14.8 Å². The van der Waals surface area contributed by atoms with Crippen molar-refractivity contribution in [2.45, 2.75) is 38.8 Å². The maximum atomic E-state index is 12.5. The number of urea groups is 1. The highest BCUT2D eigenvalue weighted by atomic mass is 32.1. The van der Waals surface area contributed by atoms with Crippen LogP contribution in [0.15, 0.2) is 29.6 Å². The van der Waals surface area contributed by atoms with Gasteiger partial charge in [0, 0.05) is 10.9 Å². The molecule has 2 heterocycles. The van der Waals surface area contributed by atoms with Crippen molar-refractivity contribution in [2.75, 3.05) is 13.7 Å². The van der Waals surface area contributed by atoms with Crippen molar-refractivity contribution in [2.24, 2.45) is 0 Å². The molecule has 0 radical (unpaired) electrons. The Bertz CT molecular complexity index is 922. The fraction of sp³-hybridized carbons (Fsp3) is 0.400. The molecule has 8 nitrogen and oxygen atoms in total. The van der Waals surface area contributed by atoms with E-state index >= 15 is 0 Å². The van der Waals surface area contributed by atoms with Crippen molar-refractivity contribution in [3.05, 3.63) is 35.3 Å². The number of rotatable bonds is 8. The number of hydrogen-bond acceptors (Lipinski definition) is 7. The number of amides is 3. The van der Waals surface area contributed by atoms with Crippen LogP contribution in [-0.4, -0.2) is 47.0 Å². The number of thiazole rings is 1. The van der Waals surface area contributed by atoms with Crippen molar-refractivity contribution in [1.29, 1.82) is 0 Å². The second-order valence-electron chi connectivity index (χ2n) is 6.65. The molecule has 0 saturated carbocycles. The van der Waals surface area contributed by atoms with E-state index in [2.05, 4.69) is 10.3 Å². The summed E-state index contributed by atoms with van der Waals surface area (Å²) in [6, 6.07) is 6.95. The number of imide groups is 1. The van der Waals surface area contributed by atoms with Gasteiger partial charge in [0.2, 0.25) is 0 Å². The van der Waals surface area contributed by atoms with Crippen LogP contribution in [0.25, 0.3) is 10.6 Å². The Morgan fingerprint density at radius 1 is 1.28 bits per heavy atom. The van der Waals surface area contributed by atoms with Gasteiger partial charge in [0.1, 0.15) is 29.4 Å². The molecule has 0 aliphatic carbocycles. The number of methoxy groups -OCH3 is 1. The van der Waals surface area contributed by atoms with E-state index in [1.54, 1.807) is 12.5 Å². The van der Waals surface area contributed by atoms with Gasteiger partial charge in [-0.15, -0.1) is 11.3 Å². The summed E-state index contributed by atoms with van der Waals surface area (Å²) in [6.07, 6.45) is 0.928. The molecule has 3 rings (SSSR count). The number of ether oxygens (including phenoxy) is 2. The van der Waals surface area contributed by atoms with Crippen LogP contribution in [0.3, 0.4) is 0 Å². The van der Waals surface area contributed by atoms with Crippen LogP contribution in [0.1, 0.15) is 32.4 Å². The minimum Gasteiger partial charge on any atom is -0.497 e. The SMILES string of the molecule is CCC1(CC)NC(=O)N(CC(=O)OCc2csc(-c3cccc(OC)c3)n2)C1=O. The lowest BCUT2D eigenvalue weighted by atomic mass is 9.93. The number of nitrogens with one attached hydrogen (secondary N) is 1. The first-order valence-electron chi connectivity index (χ1n) is 9.31. The minimum absolute atomic E-state index is 0.0321. The second kappa shape index (κ2) is 8.60. The monoisotopic (exact) mass is 417 g/mol. The van der Waals surface area contributed by atoms with Gasteiger partial charge >= 0.3 is 12.0 Å². The number of carbonyl (C=O) groups excluding carboxylic acids is 3. The first-order chi connectivity index (χ1) is 13.9. The van der Waals surface area contributed by atoms with Crippen LogP contribution >= 0.6 is 11.3 Å². The zero-order chi connectivity index (χ0) is 21.0. The van der Waals surface area contributed by atoms with Gasteiger partial charge in [0.15, 0.2) is 0 Å². The van der Waals surface area contributed by atoms with E-state index in [0.29, 0.717) is 18.5 Å². The average molecular weight is 417 g/mol. The Morgan fingerprint density at radius 2 is 2.03 bits per heavy atom. The number of hydrogen-bond donors (Lipinski definition) is 1. The molecule has 1 N–H and O–H groups in total. The third kappa shape index (κ3) is 4.24. The predicted molar refractivity (Wildman–Crippen MR) is 107 cm³/mol. The molecule has 0 bridgehead atoms. The van der Waals surface area contributed by atoms with Gasteiger partial charge in [-0.05, 0) is 25.0 Å². The van der Waals surface area contributed by atoms with E-state index in [1.165, 1.54) is 11.3 Å². The first kappa shape index (κ1) is 20.8. The smallest absolute Gasteiger partial charge is 0.326 e. The molecule has 154 valence electrons. The van der Waals surface area contributed by atoms with E-state index in [4.69, 9.17) is 9.47 Å². The molecule has 2 aromatic rings. The molecule has 1 saturated heterocycles. The summed E-state index contributed by atoms with van der Waals surface area (Å²) in [4.78, 5) is 42.2. The normalized spacial score (nSPS) is 15.3. The Hall–Kier alpha value is -2.94. The zero-order valence-corrected chi connectivity index (χ0v) is 17.4. The molecule has 3 amide bonds. The molecule has 1 aliphatic heterocycles. The maximum absolute atomic E-state index is 12.5. The minimum atomic E-state index is -0.933. The fourth-order valence-electron chi connectivity index (χ4n) is 3.14. The fourth-order valence-corrected chi connectivity index (χ4v) is 3.94. The highest BCUT2D eigenvalue weighted by molar-refractivity contribution is 7.13. The van der Waals surface area contributed by atoms with E-state index in [9.17, 15) is 14.4 Å². The van der Waals surface area contributed by atoms with Gasteiger partial charge in [0.25, 0.3) is 5.91 Å². The van der Waals surface area contributed by atoms with Gasteiger partial charge in [-0.3, -0.25) is 14.5 Å². The highest BCUT2D eigenvalue weighted by Crippen LogP contribution is 2.27. The molecule has 0 spiro atoms. The van der Waals surface area contributed by atoms with Crippen LogP contribution in [0.5, 0.6) is 5.75 Å². The van der Waals surface area contributed by atoms with Crippen LogP contribution in [-0.2, 0) is 20.9 Å². The van der Waals surface area contributed by atoms with Crippen molar-refractivity contribution in [3.63, 3.8) is 0 Å². The third-order valence-electron chi connectivity index (χ3n) is 4.99. The Kier molecular flexibility index (Phi) is 6.17. The molecule has 1 aromatic heterocycles. The maximum Gasteiger partial charge on any atom is 0.326 e. The molecular weight excluding hydrogens is 394 g/mol. The summed E-state index contributed by atoms with van der Waals surface area (Å²) in [5.41, 5.74) is 0.564. The number of benzene rings is 1. The number of aromatic nitrogens is 1. The molecule has 0 unspecified atom stereocenters. The molecule has 0 atom stereocenters. The van der Waals surface area contributed by atoms with E-state index < -0.39 is 30.0 Å². The highest BCUT2D eigenvalue weighted by Gasteiger charge is 2.49. The summed E-state index contributed by atoms with van der Waals surface area (Å²) in [6.45, 7) is 3.20. The largest absolute Gasteiger partial charge is 0.497 e. The Labute approximate surface area is 172 Å². The summed E-state index contributed by atoms with van der Waals surface area (Å²) < 4.78 is 10.4. The lowest BCUT2D eigenvalue weighted by Crippen LogP contribution is -2.46. The Balaban J connectivity index is 1.58. The predicted octanol–water partition coefficient (Wildman–Crippen LogP) is 2.97. The van der Waals surface area contributed by atoms with Crippen molar-refractivity contribution < 1.29 is 23.9 Å². The molecule has 9 heteroatoms. The lowest BCUT2D eigenvalue weighted by molar-refractivity contribution is -0.149. The lowest BCUT2D eigenvalue weighted by Gasteiger charge is -2.22. The van der Waals surface area contributed by atoms with Crippen LogP contribution in [0.4, 0.5) is 4.79 Å². The van der Waals surface area contributed by atoms with Gasteiger partial charge in [-0.2, -0.15) is 0 Å². The molecule has 1 fully saturated rings. The standard InChI is InChI=1S/C20H23N3O5S/c1-4-20(5-2)18(25)23(19(26)22-20)10-16(24)28-11-14-12-29-17(21-14)13-7-6-8-15(9-13)27-3/h6-9,12H,4-5,10-11H2,1-3H3,(H,22,26). The van der Waals surface area contributed by atoms with E-state index in [1.807, 2.05) is 38.1 Å². The zero-order valence-electron chi connectivity index (χ0n) is 16.6. The molecular formula is C20H23N3O5S. The van der Waals surface area contributed by atoms with Crippen molar-refractivity contribution in [1.82, 2.24) is 15.2 Å². The molecule has 1 aliphatic rings. The van der Waals surface area contributed by atoms with Crippen LogP contribution in [0, 0.1) is 0 Å². The van der Waals surface area contributed by atoms with Gasteiger partial charge in [-0.25, -0.2) is 9.78 Å². The number of carbonyl (C=O) groups is 3.